The molecule has 1 fully saturated rings. The lowest BCUT2D eigenvalue weighted by Crippen LogP contribution is -2.54. The Kier molecular flexibility index (Phi) is 5.46. The fraction of sp³-hybridized carbons (Fsp3) is 0.769. The molecule has 1 heterocycles. The molecule has 4 heteroatoms. The van der Waals surface area contributed by atoms with Crippen molar-refractivity contribution in [1.29, 1.82) is 0 Å². The molecule has 1 saturated heterocycles. The Labute approximate surface area is 104 Å². The normalized spacial score (nSPS) is 20.6. The Morgan fingerprint density at radius 3 is 2.41 bits per heavy atom. The highest BCUT2D eigenvalue weighted by Crippen LogP contribution is 2.04. The van der Waals surface area contributed by atoms with Crippen molar-refractivity contribution in [2.75, 3.05) is 26.2 Å². The summed E-state index contributed by atoms with van der Waals surface area (Å²) in [5.74, 6) is 2.92. The molecule has 1 rings (SSSR count). The first-order valence-corrected chi connectivity index (χ1v) is 6.27. The molecule has 0 spiro atoms. The summed E-state index contributed by atoms with van der Waals surface area (Å²) >= 11 is 0. The van der Waals surface area contributed by atoms with Gasteiger partial charge in [-0.15, -0.1) is 6.42 Å². The van der Waals surface area contributed by atoms with E-state index in [-0.39, 0.29) is 23.9 Å². The number of piperazine rings is 1. The van der Waals surface area contributed by atoms with E-state index in [0.29, 0.717) is 0 Å². The van der Waals surface area contributed by atoms with Gasteiger partial charge in [-0.1, -0.05) is 19.8 Å². The van der Waals surface area contributed by atoms with Crippen molar-refractivity contribution in [2.45, 2.75) is 32.9 Å². The van der Waals surface area contributed by atoms with Gasteiger partial charge in [-0.05, 0) is 12.8 Å². The van der Waals surface area contributed by atoms with Crippen LogP contribution in [0.3, 0.4) is 0 Å². The molecular weight excluding hydrogens is 214 g/mol. The van der Waals surface area contributed by atoms with Gasteiger partial charge in [-0.2, -0.15) is 0 Å². The van der Waals surface area contributed by atoms with Crippen molar-refractivity contribution in [3.63, 3.8) is 0 Å². The number of hydrogen-bond acceptors (Lipinski definition) is 3. The molecule has 4 nitrogen and oxygen atoms in total. The Morgan fingerprint density at radius 2 is 1.94 bits per heavy atom. The van der Waals surface area contributed by atoms with Gasteiger partial charge in [0.15, 0.2) is 0 Å². The molecule has 0 saturated carbocycles. The number of rotatable bonds is 4. The van der Waals surface area contributed by atoms with E-state index in [4.69, 9.17) is 6.42 Å². The minimum atomic E-state index is -0.173. The van der Waals surface area contributed by atoms with Gasteiger partial charge >= 0.3 is 0 Å². The Bertz CT molecular complexity index is 290. The van der Waals surface area contributed by atoms with Gasteiger partial charge in [0.2, 0.25) is 5.91 Å². The summed E-state index contributed by atoms with van der Waals surface area (Å²) in [6, 6.07) is -0.278. The van der Waals surface area contributed by atoms with Crippen LogP contribution in [0.15, 0.2) is 0 Å². The molecule has 0 aromatic rings. The molecule has 2 N–H and O–H groups in total. The van der Waals surface area contributed by atoms with Crippen LogP contribution in [0.25, 0.3) is 0 Å². The third-order valence-electron chi connectivity index (χ3n) is 3.22. The topological polar surface area (TPSA) is 44.4 Å². The minimum Gasteiger partial charge on any atom is -0.341 e. The maximum absolute atomic E-state index is 12.0. The molecular formula is C13H23N3O. The number of amides is 1. The van der Waals surface area contributed by atoms with Crippen molar-refractivity contribution in [3.8, 4) is 12.3 Å². The number of nitrogens with zero attached hydrogens (tertiary/aromatic N) is 1. The SMILES string of the molecule is C#CC(NC(=O)C(C)N1CCNCC1)C(C)C. The zero-order valence-corrected chi connectivity index (χ0v) is 11.0. The number of carbonyl (C=O) groups is 1. The molecule has 0 aromatic heterocycles. The summed E-state index contributed by atoms with van der Waals surface area (Å²) < 4.78 is 0. The number of terminal acetylenes is 1. The first-order chi connectivity index (χ1) is 8.06. The highest BCUT2D eigenvalue weighted by atomic mass is 16.2. The van der Waals surface area contributed by atoms with E-state index in [1.165, 1.54) is 0 Å². The number of nitrogens with one attached hydrogen (secondary N) is 2. The number of carbonyl (C=O) groups excluding carboxylic acids is 1. The van der Waals surface area contributed by atoms with Gasteiger partial charge in [-0.3, -0.25) is 9.69 Å². The molecule has 0 radical (unpaired) electrons. The standard InChI is InChI=1S/C13H23N3O/c1-5-12(10(2)3)15-13(17)11(4)16-8-6-14-7-9-16/h1,10-12,14H,6-9H2,2-4H3,(H,15,17). The molecule has 1 aliphatic rings. The molecule has 1 aliphatic heterocycles. The van der Waals surface area contributed by atoms with Gasteiger partial charge in [-0.25, -0.2) is 0 Å². The lowest BCUT2D eigenvalue weighted by atomic mass is 10.0. The van der Waals surface area contributed by atoms with E-state index in [1.807, 2.05) is 20.8 Å². The lowest BCUT2D eigenvalue weighted by Gasteiger charge is -2.32. The molecule has 0 bridgehead atoms. The van der Waals surface area contributed by atoms with E-state index < -0.39 is 0 Å². The molecule has 1 amide bonds. The van der Waals surface area contributed by atoms with Gasteiger partial charge in [0.25, 0.3) is 0 Å². The molecule has 2 unspecified atom stereocenters. The monoisotopic (exact) mass is 237 g/mol. The average molecular weight is 237 g/mol. The van der Waals surface area contributed by atoms with E-state index in [9.17, 15) is 4.79 Å². The Morgan fingerprint density at radius 1 is 1.35 bits per heavy atom. The molecule has 96 valence electrons. The zero-order chi connectivity index (χ0) is 12.8. The zero-order valence-electron chi connectivity index (χ0n) is 11.0. The van der Waals surface area contributed by atoms with Crippen LogP contribution in [-0.2, 0) is 4.79 Å². The van der Waals surface area contributed by atoms with E-state index in [0.717, 1.165) is 26.2 Å². The third kappa shape index (κ3) is 4.03. The average Bonchev–Trinajstić information content (AvgIpc) is 2.35. The summed E-state index contributed by atoms with van der Waals surface area (Å²) in [5, 5.41) is 6.20. The quantitative estimate of drug-likeness (QED) is 0.679. The van der Waals surface area contributed by atoms with Gasteiger partial charge in [0, 0.05) is 26.2 Å². The molecule has 0 aromatic carbocycles. The molecule has 17 heavy (non-hydrogen) atoms. The van der Waals surface area contributed by atoms with Crippen molar-refractivity contribution >= 4 is 5.91 Å². The van der Waals surface area contributed by atoms with Crippen molar-refractivity contribution in [1.82, 2.24) is 15.5 Å². The van der Waals surface area contributed by atoms with Gasteiger partial charge in [0.1, 0.15) is 0 Å². The highest BCUT2D eigenvalue weighted by molar-refractivity contribution is 5.82. The van der Waals surface area contributed by atoms with E-state index in [2.05, 4.69) is 21.5 Å². The predicted molar refractivity (Wildman–Crippen MR) is 69.5 cm³/mol. The van der Waals surface area contributed by atoms with Crippen LogP contribution >= 0.6 is 0 Å². The first kappa shape index (κ1) is 14.0. The molecule has 2 atom stereocenters. The second-order valence-corrected chi connectivity index (χ2v) is 4.86. The second-order valence-electron chi connectivity index (χ2n) is 4.86. The fourth-order valence-electron chi connectivity index (χ4n) is 1.91. The van der Waals surface area contributed by atoms with Crippen LogP contribution in [0.4, 0.5) is 0 Å². The summed E-state index contributed by atoms with van der Waals surface area (Å²) in [7, 11) is 0. The Balaban J connectivity index is 2.48. The first-order valence-electron chi connectivity index (χ1n) is 6.27. The summed E-state index contributed by atoms with van der Waals surface area (Å²) in [6.45, 7) is 9.68. The third-order valence-corrected chi connectivity index (χ3v) is 3.22. The maximum atomic E-state index is 12.0. The van der Waals surface area contributed by atoms with Crippen LogP contribution in [-0.4, -0.2) is 49.1 Å². The highest BCUT2D eigenvalue weighted by Gasteiger charge is 2.24. The summed E-state index contributed by atoms with van der Waals surface area (Å²) in [4.78, 5) is 14.2. The fourth-order valence-corrected chi connectivity index (χ4v) is 1.91. The number of hydrogen-bond donors (Lipinski definition) is 2. The lowest BCUT2D eigenvalue weighted by molar-refractivity contribution is -0.126. The van der Waals surface area contributed by atoms with Crippen LogP contribution in [0.5, 0.6) is 0 Å². The van der Waals surface area contributed by atoms with Crippen LogP contribution < -0.4 is 10.6 Å². The predicted octanol–water partition coefficient (Wildman–Crippen LogP) is 0.0541. The summed E-state index contributed by atoms with van der Waals surface area (Å²) in [6.07, 6.45) is 5.41. The van der Waals surface area contributed by atoms with Gasteiger partial charge < -0.3 is 10.6 Å². The smallest absolute Gasteiger partial charge is 0.238 e. The Hall–Kier alpha value is -1.05. The van der Waals surface area contributed by atoms with Crippen molar-refractivity contribution in [2.24, 2.45) is 5.92 Å². The maximum Gasteiger partial charge on any atom is 0.238 e. The largest absolute Gasteiger partial charge is 0.341 e. The van der Waals surface area contributed by atoms with E-state index >= 15 is 0 Å². The second kappa shape index (κ2) is 6.63. The van der Waals surface area contributed by atoms with Crippen molar-refractivity contribution in [3.05, 3.63) is 0 Å². The minimum absolute atomic E-state index is 0.0311. The summed E-state index contributed by atoms with van der Waals surface area (Å²) in [5.41, 5.74) is 0. The van der Waals surface area contributed by atoms with Crippen LogP contribution in [0.1, 0.15) is 20.8 Å². The van der Waals surface area contributed by atoms with Crippen molar-refractivity contribution < 1.29 is 4.79 Å². The van der Waals surface area contributed by atoms with Crippen LogP contribution in [0.2, 0.25) is 0 Å². The van der Waals surface area contributed by atoms with E-state index in [1.54, 1.807) is 0 Å². The molecule has 0 aliphatic carbocycles. The van der Waals surface area contributed by atoms with Gasteiger partial charge in [0.05, 0.1) is 12.1 Å². The van der Waals surface area contributed by atoms with Crippen LogP contribution in [0, 0.1) is 18.3 Å².